The van der Waals surface area contributed by atoms with Gasteiger partial charge in [0.15, 0.2) is 0 Å². The fourth-order valence-corrected chi connectivity index (χ4v) is 6.72. The van der Waals surface area contributed by atoms with Gasteiger partial charge < -0.3 is 29.9 Å². The second kappa shape index (κ2) is 6.47. The van der Waals surface area contributed by atoms with E-state index in [1.165, 1.54) is 24.3 Å². The third kappa shape index (κ3) is 2.19. The zero-order valence-corrected chi connectivity index (χ0v) is 17.4. The molecule has 1 aromatic carbocycles. The first-order valence-corrected chi connectivity index (χ1v) is 11.1. The summed E-state index contributed by atoms with van der Waals surface area (Å²) in [6.07, 6.45) is -8.77. The molecule has 0 aromatic heterocycles. The zero-order chi connectivity index (χ0) is 23.8. The van der Waals surface area contributed by atoms with E-state index in [2.05, 4.69) is 0 Å². The maximum absolute atomic E-state index is 13.0. The van der Waals surface area contributed by atoms with Crippen molar-refractivity contribution in [3.8, 4) is 0 Å². The third-order valence-electron chi connectivity index (χ3n) is 8.25. The van der Waals surface area contributed by atoms with Crippen LogP contribution in [0.4, 0.5) is 11.4 Å². The molecule has 12 heteroatoms. The summed E-state index contributed by atoms with van der Waals surface area (Å²) in [5.74, 6) is -5.70. The van der Waals surface area contributed by atoms with Crippen molar-refractivity contribution in [3.63, 3.8) is 0 Å². The number of benzene rings is 1. The van der Waals surface area contributed by atoms with Crippen molar-refractivity contribution in [2.75, 3.05) is 9.80 Å². The van der Waals surface area contributed by atoms with Gasteiger partial charge in [-0.3, -0.25) is 19.2 Å². The first-order chi connectivity index (χ1) is 16.2. The van der Waals surface area contributed by atoms with Crippen LogP contribution in [0.15, 0.2) is 24.3 Å². The molecule has 6 aliphatic rings. The topological polar surface area (TPSA) is 174 Å². The normalized spacial score (nSPS) is 48.5. The molecule has 34 heavy (non-hydrogen) atoms. The first kappa shape index (κ1) is 20.6. The number of ether oxygens (including phenoxy) is 2. The number of amides is 4. The number of anilines is 2. The molecule has 0 aliphatic carbocycles. The van der Waals surface area contributed by atoms with Gasteiger partial charge in [0.1, 0.15) is 24.4 Å². The smallest absolute Gasteiger partial charge is 0.240 e. The summed E-state index contributed by atoms with van der Waals surface area (Å²) in [7, 11) is 0. The van der Waals surface area contributed by atoms with Gasteiger partial charge in [0.05, 0.1) is 59.5 Å². The SMILES string of the molecule is O=C1C2C(C(=O)N1c1ccc(N3C(=O)C4C(C3=O)[C@@H]3O[C@H]4[C@@H](O)[C@H]3O)cc1)[C@@H]1O[C@H]2[C@@H](O)[C@H]1O. The summed E-state index contributed by atoms with van der Waals surface area (Å²) < 4.78 is 11.0. The molecular weight excluding hydrogens is 452 g/mol. The van der Waals surface area contributed by atoms with Crippen LogP contribution in [-0.2, 0) is 28.7 Å². The fourth-order valence-electron chi connectivity index (χ4n) is 6.72. The third-order valence-corrected chi connectivity index (χ3v) is 8.25. The number of hydrogen-bond acceptors (Lipinski definition) is 10. The highest BCUT2D eigenvalue weighted by molar-refractivity contribution is 6.24. The Hall–Kier alpha value is -2.74. The van der Waals surface area contributed by atoms with Crippen LogP contribution in [0, 0.1) is 23.7 Å². The Balaban J connectivity index is 1.16. The summed E-state index contributed by atoms with van der Waals surface area (Å²) in [5.41, 5.74) is 0.454. The Kier molecular flexibility index (Phi) is 3.93. The molecule has 4 N–H and O–H groups in total. The summed E-state index contributed by atoms with van der Waals surface area (Å²) in [6, 6.07) is 5.74. The highest BCUT2D eigenvalue weighted by Gasteiger charge is 2.70. The Labute approximate surface area is 191 Å². The number of nitrogens with zero attached hydrogens (tertiary/aromatic N) is 2. The minimum Gasteiger partial charge on any atom is -0.388 e. The molecule has 0 radical (unpaired) electrons. The molecule has 7 rings (SSSR count). The van der Waals surface area contributed by atoms with E-state index in [-0.39, 0.29) is 11.4 Å². The van der Waals surface area contributed by atoms with Crippen molar-refractivity contribution >= 4 is 35.0 Å². The second-order valence-corrected chi connectivity index (χ2v) is 9.74. The Morgan fingerprint density at radius 1 is 0.500 bits per heavy atom. The van der Waals surface area contributed by atoms with Crippen molar-refractivity contribution in [2.24, 2.45) is 23.7 Å². The molecule has 4 bridgehead atoms. The van der Waals surface area contributed by atoms with Crippen LogP contribution in [-0.4, -0.2) is 92.9 Å². The first-order valence-electron chi connectivity index (χ1n) is 11.1. The molecule has 4 amide bonds. The maximum atomic E-state index is 13.0. The number of aliphatic hydroxyl groups is 4. The van der Waals surface area contributed by atoms with Crippen molar-refractivity contribution < 1.29 is 49.1 Å². The lowest BCUT2D eigenvalue weighted by molar-refractivity contribution is -0.127. The largest absolute Gasteiger partial charge is 0.388 e. The number of imide groups is 2. The lowest BCUT2D eigenvalue weighted by Crippen LogP contribution is -2.47. The van der Waals surface area contributed by atoms with Gasteiger partial charge in [-0.15, -0.1) is 0 Å². The number of carbonyl (C=O) groups excluding carboxylic acids is 4. The summed E-state index contributed by atoms with van der Waals surface area (Å²) in [4.78, 5) is 54.0. The zero-order valence-electron chi connectivity index (χ0n) is 17.4. The van der Waals surface area contributed by atoms with Gasteiger partial charge in [0, 0.05) is 0 Å². The minimum absolute atomic E-state index is 0.227. The highest BCUT2D eigenvalue weighted by atomic mass is 16.6. The summed E-state index contributed by atoms with van der Waals surface area (Å²) >= 11 is 0. The molecule has 4 unspecified atom stereocenters. The number of carbonyl (C=O) groups is 4. The molecule has 0 saturated carbocycles. The standard InChI is InChI=1S/C22H20N2O10/c25-11-12(26)16-8-7(15(11)33-16)19(29)23(20(8)30)5-1-2-6(4-3-5)24-21(31)9-10(22(24)32)18-14(28)13(27)17(9)34-18/h1-4,7-18,25-28H/t7?,8?,9?,10?,11-,12+,13-,14+,15+,16-,17+,18-. The molecular formula is C22H20N2O10. The lowest BCUT2D eigenvalue weighted by Gasteiger charge is -2.25. The predicted octanol–water partition coefficient (Wildman–Crippen LogP) is -3.10. The predicted molar refractivity (Wildman–Crippen MR) is 107 cm³/mol. The van der Waals surface area contributed by atoms with Crippen LogP contribution in [0.1, 0.15) is 0 Å². The highest BCUT2D eigenvalue weighted by Crippen LogP contribution is 2.51. The van der Waals surface area contributed by atoms with Gasteiger partial charge in [-0.2, -0.15) is 0 Å². The van der Waals surface area contributed by atoms with E-state index >= 15 is 0 Å². The van der Waals surface area contributed by atoms with E-state index in [9.17, 15) is 39.6 Å². The molecule has 178 valence electrons. The van der Waals surface area contributed by atoms with Crippen LogP contribution < -0.4 is 9.80 Å². The van der Waals surface area contributed by atoms with Gasteiger partial charge >= 0.3 is 0 Å². The van der Waals surface area contributed by atoms with E-state index in [1.807, 2.05) is 0 Å². The fraction of sp³-hybridized carbons (Fsp3) is 0.545. The summed E-state index contributed by atoms with van der Waals surface area (Å²) in [6.45, 7) is 0. The quantitative estimate of drug-likeness (QED) is 0.323. The van der Waals surface area contributed by atoms with Gasteiger partial charge in [0.2, 0.25) is 23.6 Å². The van der Waals surface area contributed by atoms with E-state index in [0.29, 0.717) is 0 Å². The van der Waals surface area contributed by atoms with E-state index < -0.39 is 96.1 Å². The number of aliphatic hydroxyl groups excluding tert-OH is 4. The van der Waals surface area contributed by atoms with Crippen molar-refractivity contribution in [1.29, 1.82) is 0 Å². The van der Waals surface area contributed by atoms with Crippen LogP contribution >= 0.6 is 0 Å². The Morgan fingerprint density at radius 3 is 0.971 bits per heavy atom. The number of hydrogen-bond donors (Lipinski definition) is 4. The molecule has 12 nitrogen and oxygen atoms in total. The molecule has 6 saturated heterocycles. The molecule has 6 heterocycles. The Bertz CT molecular complexity index is 1000. The van der Waals surface area contributed by atoms with Crippen molar-refractivity contribution in [1.82, 2.24) is 0 Å². The van der Waals surface area contributed by atoms with Gasteiger partial charge in [-0.25, -0.2) is 9.80 Å². The van der Waals surface area contributed by atoms with E-state index in [0.717, 1.165) is 9.80 Å². The van der Waals surface area contributed by atoms with E-state index in [4.69, 9.17) is 9.47 Å². The second-order valence-electron chi connectivity index (χ2n) is 9.74. The average molecular weight is 472 g/mol. The monoisotopic (exact) mass is 472 g/mol. The molecule has 12 atom stereocenters. The number of fused-ring (bicyclic) bond motifs is 10. The van der Waals surface area contributed by atoms with Crippen LogP contribution in [0.5, 0.6) is 0 Å². The average Bonchev–Trinajstić information content (AvgIpc) is 3.61. The van der Waals surface area contributed by atoms with Gasteiger partial charge in [0.25, 0.3) is 0 Å². The molecule has 0 spiro atoms. The van der Waals surface area contributed by atoms with Crippen molar-refractivity contribution in [3.05, 3.63) is 24.3 Å². The van der Waals surface area contributed by atoms with Crippen LogP contribution in [0.25, 0.3) is 0 Å². The van der Waals surface area contributed by atoms with Crippen LogP contribution in [0.3, 0.4) is 0 Å². The van der Waals surface area contributed by atoms with Crippen molar-refractivity contribution in [2.45, 2.75) is 48.8 Å². The molecule has 6 aliphatic heterocycles. The molecule has 6 fully saturated rings. The number of rotatable bonds is 2. The van der Waals surface area contributed by atoms with E-state index in [1.54, 1.807) is 0 Å². The Morgan fingerprint density at radius 2 is 0.735 bits per heavy atom. The molecule has 1 aromatic rings. The minimum atomic E-state index is -1.24. The maximum Gasteiger partial charge on any atom is 0.240 e. The van der Waals surface area contributed by atoms with Gasteiger partial charge in [-0.1, -0.05) is 0 Å². The van der Waals surface area contributed by atoms with Crippen LogP contribution in [0.2, 0.25) is 0 Å². The summed E-state index contributed by atoms with van der Waals surface area (Å²) in [5, 5.41) is 40.3. The lowest BCUT2D eigenvalue weighted by atomic mass is 9.78. The van der Waals surface area contributed by atoms with Gasteiger partial charge in [-0.05, 0) is 24.3 Å².